The SMILES string of the molecule is C[n+]1cccn1CC1=C(C(=O)[O-])N2C(=O)[C@@H](NC(=O)/C(=N\OC(C)(C)C(=O)OC(C)(C)C)c3csc(NC(c4ccccc4)(c4ccccc4)c4ccccc4)n3)[C@H]2SC1. The summed E-state index contributed by atoms with van der Waals surface area (Å²) < 4.78 is 9.17. The molecule has 2 aliphatic rings. The molecule has 0 radical (unpaired) electrons. The van der Waals surface area contributed by atoms with Crippen LogP contribution in [0.25, 0.3) is 0 Å². The zero-order chi connectivity index (χ0) is 42.8. The summed E-state index contributed by atoms with van der Waals surface area (Å²) in [6, 6.07) is 30.5. The highest BCUT2D eigenvalue weighted by atomic mass is 32.2. The number of oxime groups is 1. The van der Waals surface area contributed by atoms with E-state index in [9.17, 15) is 24.3 Å². The van der Waals surface area contributed by atoms with Crippen LogP contribution in [-0.2, 0) is 47.9 Å². The first-order valence-electron chi connectivity index (χ1n) is 19.2. The molecule has 0 spiro atoms. The molecule has 14 nitrogen and oxygen atoms in total. The van der Waals surface area contributed by atoms with Gasteiger partial charge >= 0.3 is 5.97 Å². The van der Waals surface area contributed by atoms with Crippen molar-refractivity contribution < 1.29 is 38.5 Å². The van der Waals surface area contributed by atoms with E-state index in [4.69, 9.17) is 14.6 Å². The van der Waals surface area contributed by atoms with Gasteiger partial charge in [0.1, 0.15) is 34.8 Å². The number of benzene rings is 3. The third kappa shape index (κ3) is 8.43. The summed E-state index contributed by atoms with van der Waals surface area (Å²) in [5.41, 5.74) is -0.534. The first-order chi connectivity index (χ1) is 28.6. The van der Waals surface area contributed by atoms with Gasteiger partial charge in [0.25, 0.3) is 11.8 Å². The Hall–Kier alpha value is -6.26. The van der Waals surface area contributed by atoms with E-state index in [0.29, 0.717) is 10.7 Å². The molecule has 0 saturated carbocycles. The molecule has 2 atom stereocenters. The maximum atomic E-state index is 14.3. The number of thioether (sulfide) groups is 1. The van der Waals surface area contributed by atoms with Crippen LogP contribution in [0.1, 0.15) is 57.0 Å². The molecule has 2 amide bonds. The Bertz CT molecular complexity index is 2360. The highest BCUT2D eigenvalue weighted by Gasteiger charge is 2.53. The van der Waals surface area contributed by atoms with Crippen LogP contribution in [0.3, 0.4) is 0 Å². The Labute approximate surface area is 355 Å². The Kier molecular flexibility index (Phi) is 11.7. The number of carboxylic acid groups (broad SMARTS) is 1. The predicted octanol–water partition coefficient (Wildman–Crippen LogP) is 4.12. The number of carbonyl (C=O) groups is 4. The standard InChI is InChI=1S/C44H45N7O7S2/c1-42(2,3)57-40(56)43(4,5)58-48-33(36(52)46-34-37(53)51-35(39(54)55)28(26-59-38(34)51)25-50-24-16-23-49(50)6)32-27-60-41(45-32)47-44(29-17-10-7-11-18-29,30-19-12-8-13-20-30)31-21-14-9-15-22-31/h7-24,27,34,38H,25-26H2,1-6H3,(H2-,45,46,47,52,54,55)/b48-33-/t34-,38-/m1/s1. The molecule has 0 aliphatic carbocycles. The summed E-state index contributed by atoms with van der Waals surface area (Å²) >= 11 is 2.55. The van der Waals surface area contributed by atoms with Crippen LogP contribution in [0.2, 0.25) is 0 Å². The molecule has 5 aromatic rings. The number of nitrogens with one attached hydrogen (secondary N) is 2. The second-order valence-corrected chi connectivity index (χ2v) is 17.8. The van der Waals surface area contributed by atoms with Gasteiger partial charge in [0, 0.05) is 17.2 Å². The Morgan fingerprint density at radius 3 is 2.02 bits per heavy atom. The molecule has 2 N–H and O–H groups in total. The van der Waals surface area contributed by atoms with Gasteiger partial charge in [0.05, 0.1) is 17.9 Å². The first-order valence-corrected chi connectivity index (χ1v) is 21.1. The number of esters is 1. The Balaban J connectivity index is 1.22. The van der Waals surface area contributed by atoms with Gasteiger partial charge in [0.15, 0.2) is 24.1 Å². The number of hydrogen-bond donors (Lipinski definition) is 2. The first kappa shape index (κ1) is 41.9. The molecule has 1 saturated heterocycles. The quantitative estimate of drug-likeness (QED) is 0.0414. The molecule has 16 heteroatoms. The number of thiazole rings is 1. The normalized spacial score (nSPS) is 17.1. The second-order valence-electron chi connectivity index (χ2n) is 15.8. The maximum absolute atomic E-state index is 14.3. The summed E-state index contributed by atoms with van der Waals surface area (Å²) in [5, 5.41) is 24.5. The minimum atomic E-state index is -1.64. The number of carbonyl (C=O) groups excluding carboxylic acids is 4. The van der Waals surface area contributed by atoms with E-state index in [-0.39, 0.29) is 29.4 Å². The van der Waals surface area contributed by atoms with E-state index >= 15 is 0 Å². The van der Waals surface area contributed by atoms with Gasteiger partial charge in [-0.25, -0.2) is 9.78 Å². The molecule has 0 unspecified atom stereocenters. The van der Waals surface area contributed by atoms with Crippen molar-refractivity contribution in [3.05, 3.63) is 148 Å². The highest BCUT2D eigenvalue weighted by Crippen LogP contribution is 2.42. The minimum absolute atomic E-state index is 0.0974. The number of rotatable bonds is 14. The molecule has 310 valence electrons. The molecule has 3 aromatic carbocycles. The number of fused-ring (bicyclic) bond motifs is 1. The lowest BCUT2D eigenvalue weighted by molar-refractivity contribution is -0.752. The Morgan fingerprint density at radius 2 is 1.50 bits per heavy atom. The lowest BCUT2D eigenvalue weighted by Crippen LogP contribution is -2.71. The van der Waals surface area contributed by atoms with E-state index in [1.165, 1.54) is 36.9 Å². The number of anilines is 1. The molecule has 0 bridgehead atoms. The average Bonchev–Trinajstić information content (AvgIpc) is 3.87. The van der Waals surface area contributed by atoms with Crippen LogP contribution < -0.4 is 20.4 Å². The topological polar surface area (TPSA) is 171 Å². The van der Waals surface area contributed by atoms with Gasteiger partial charge in [-0.15, -0.1) is 27.8 Å². The largest absolute Gasteiger partial charge is 0.543 e. The molecule has 2 aliphatic heterocycles. The lowest BCUT2D eigenvalue weighted by atomic mass is 9.77. The molecule has 60 heavy (non-hydrogen) atoms. The van der Waals surface area contributed by atoms with Crippen LogP contribution >= 0.6 is 23.1 Å². The fourth-order valence-corrected chi connectivity index (χ4v) is 9.09. The summed E-state index contributed by atoms with van der Waals surface area (Å²) in [7, 11) is 1.82. The summed E-state index contributed by atoms with van der Waals surface area (Å²) in [4.78, 5) is 65.5. The third-order valence-corrected chi connectivity index (χ3v) is 12.1. The third-order valence-electron chi connectivity index (χ3n) is 9.98. The number of nitrogens with zero attached hydrogens (tertiary/aromatic N) is 5. The van der Waals surface area contributed by atoms with E-state index < -0.39 is 51.9 Å². The van der Waals surface area contributed by atoms with Crippen molar-refractivity contribution in [1.29, 1.82) is 0 Å². The monoisotopic (exact) mass is 847 g/mol. The summed E-state index contributed by atoms with van der Waals surface area (Å²) in [6.45, 7) is 8.33. The van der Waals surface area contributed by atoms with Crippen LogP contribution in [0, 0.1) is 0 Å². The van der Waals surface area contributed by atoms with Crippen molar-refractivity contribution in [2.24, 2.45) is 12.2 Å². The zero-order valence-electron chi connectivity index (χ0n) is 33.9. The van der Waals surface area contributed by atoms with Crippen molar-refractivity contribution in [3.8, 4) is 0 Å². The van der Waals surface area contributed by atoms with Crippen LogP contribution in [0.15, 0.2) is 131 Å². The van der Waals surface area contributed by atoms with Gasteiger partial charge in [-0.3, -0.25) is 14.5 Å². The minimum Gasteiger partial charge on any atom is -0.543 e. The van der Waals surface area contributed by atoms with Crippen molar-refractivity contribution in [1.82, 2.24) is 19.9 Å². The van der Waals surface area contributed by atoms with Crippen molar-refractivity contribution in [2.75, 3.05) is 11.1 Å². The van der Waals surface area contributed by atoms with Crippen molar-refractivity contribution >= 4 is 57.7 Å². The summed E-state index contributed by atoms with van der Waals surface area (Å²) in [5.74, 6) is -3.36. The second kappa shape index (κ2) is 16.8. The number of aromatic nitrogens is 3. The highest BCUT2D eigenvalue weighted by molar-refractivity contribution is 8.00. The van der Waals surface area contributed by atoms with Crippen molar-refractivity contribution in [2.45, 2.75) is 69.3 Å². The molecular weight excluding hydrogens is 803 g/mol. The van der Waals surface area contributed by atoms with Gasteiger partial charge in [0.2, 0.25) is 5.60 Å². The number of carboxylic acids is 1. The molecule has 7 rings (SSSR count). The van der Waals surface area contributed by atoms with Crippen LogP contribution in [0.4, 0.5) is 5.13 Å². The van der Waals surface area contributed by atoms with E-state index in [0.717, 1.165) is 21.6 Å². The number of ether oxygens (including phenoxy) is 1. The van der Waals surface area contributed by atoms with E-state index in [1.54, 1.807) is 37.0 Å². The number of aliphatic carboxylic acids is 1. The number of aryl methyl sites for hydroxylation is 1. The molecule has 4 heterocycles. The molecule has 2 aromatic heterocycles. The average molecular weight is 848 g/mol. The lowest BCUT2D eigenvalue weighted by Gasteiger charge is -2.50. The van der Waals surface area contributed by atoms with Gasteiger partial charge in [-0.2, -0.15) is 4.68 Å². The van der Waals surface area contributed by atoms with E-state index in [2.05, 4.69) is 15.8 Å². The van der Waals surface area contributed by atoms with Crippen LogP contribution in [0.5, 0.6) is 0 Å². The summed E-state index contributed by atoms with van der Waals surface area (Å²) in [6.07, 6.45) is 3.62. The fourth-order valence-electron chi connectivity index (χ4n) is 7.00. The van der Waals surface area contributed by atoms with E-state index in [1.807, 2.05) is 115 Å². The van der Waals surface area contributed by atoms with Crippen molar-refractivity contribution in [3.63, 3.8) is 0 Å². The smallest absolute Gasteiger partial charge is 0.353 e. The number of β-lactam (4-membered cyclic amide) rings is 1. The number of hydrogen-bond acceptors (Lipinski definition) is 12. The predicted molar refractivity (Wildman–Crippen MR) is 225 cm³/mol. The number of amides is 2. The van der Waals surface area contributed by atoms with Gasteiger partial charge in [-0.05, 0) is 56.9 Å². The molecule has 1 fully saturated rings. The zero-order valence-corrected chi connectivity index (χ0v) is 35.6. The van der Waals surface area contributed by atoms with Gasteiger partial charge in [-0.1, -0.05) is 96.2 Å². The Morgan fingerprint density at radius 1 is 0.917 bits per heavy atom. The maximum Gasteiger partial charge on any atom is 0.353 e. The van der Waals surface area contributed by atoms with Gasteiger partial charge < -0.3 is 30.1 Å². The fraction of sp³-hybridized carbons (Fsp3) is 0.295. The van der Waals surface area contributed by atoms with Crippen LogP contribution in [-0.4, -0.2) is 72.4 Å². The molecular formula is C44H45N7O7S2.